The van der Waals surface area contributed by atoms with E-state index in [4.69, 9.17) is 0 Å². The van der Waals surface area contributed by atoms with Gasteiger partial charge in [-0.05, 0) is 39.7 Å². The molecule has 3 aromatic rings. The van der Waals surface area contributed by atoms with Crippen molar-refractivity contribution in [3.05, 3.63) is 46.1 Å². The summed E-state index contributed by atoms with van der Waals surface area (Å²) < 4.78 is 1.83. The first-order valence-electron chi connectivity index (χ1n) is 10.3. The average Bonchev–Trinajstić information content (AvgIpc) is 3.34. The van der Waals surface area contributed by atoms with E-state index in [1.54, 1.807) is 11.6 Å². The highest BCUT2D eigenvalue weighted by molar-refractivity contribution is 7.13. The zero-order chi connectivity index (χ0) is 22.0. The molecule has 3 aromatic heterocycles. The predicted octanol–water partition coefficient (Wildman–Crippen LogP) is 3.15. The minimum Gasteiger partial charge on any atom is -0.338 e. The largest absolute Gasteiger partial charge is 0.338 e. The minimum absolute atomic E-state index is 0.0188. The van der Waals surface area contributed by atoms with Gasteiger partial charge in [0, 0.05) is 49.5 Å². The van der Waals surface area contributed by atoms with Gasteiger partial charge in [-0.15, -0.1) is 10.2 Å². The normalized spacial score (nSPS) is 16.8. The van der Waals surface area contributed by atoms with E-state index in [0.29, 0.717) is 23.3 Å². The fraction of sp³-hybridized carbons (Fsp3) is 0.429. The van der Waals surface area contributed by atoms with Gasteiger partial charge >= 0.3 is 0 Å². The number of likely N-dealkylation sites (tertiary alicyclic amines) is 1. The summed E-state index contributed by atoms with van der Waals surface area (Å²) in [4.78, 5) is 23.9. The molecule has 1 amide bonds. The summed E-state index contributed by atoms with van der Waals surface area (Å²) in [7, 11) is 1.91. The fourth-order valence-corrected chi connectivity index (χ4v) is 4.36. The van der Waals surface area contributed by atoms with Crippen molar-refractivity contribution in [3.8, 4) is 0 Å². The van der Waals surface area contributed by atoms with Crippen LogP contribution in [0.5, 0.6) is 0 Å². The predicted molar refractivity (Wildman–Crippen MR) is 120 cm³/mol. The molecule has 0 aromatic carbocycles. The van der Waals surface area contributed by atoms with Crippen LogP contribution in [0, 0.1) is 20.8 Å². The van der Waals surface area contributed by atoms with Crippen molar-refractivity contribution in [2.24, 2.45) is 7.05 Å². The van der Waals surface area contributed by atoms with Crippen LogP contribution in [0.3, 0.4) is 0 Å². The highest BCUT2D eigenvalue weighted by atomic mass is 32.1. The monoisotopic (exact) mass is 438 g/mol. The molecule has 0 spiro atoms. The SMILES string of the molecule is Cc1nc(Nc2nncs2)cc([C@H]2CCCN(C(=O)/C=C/c3c(C)nn(C)c3C)C2)n1. The van der Waals surface area contributed by atoms with E-state index in [1.807, 2.05) is 49.5 Å². The van der Waals surface area contributed by atoms with Crippen LogP contribution in [0.2, 0.25) is 0 Å². The molecule has 162 valence electrons. The fourth-order valence-electron chi connectivity index (χ4n) is 3.91. The van der Waals surface area contributed by atoms with E-state index >= 15 is 0 Å². The number of piperidine rings is 1. The van der Waals surface area contributed by atoms with Crippen LogP contribution in [-0.4, -0.2) is 53.8 Å². The molecule has 0 saturated carbocycles. The summed E-state index contributed by atoms with van der Waals surface area (Å²) in [6.45, 7) is 7.24. The lowest BCUT2D eigenvalue weighted by Gasteiger charge is -2.32. The summed E-state index contributed by atoms with van der Waals surface area (Å²) >= 11 is 1.42. The van der Waals surface area contributed by atoms with Gasteiger partial charge in [0.1, 0.15) is 17.2 Å². The van der Waals surface area contributed by atoms with Crippen LogP contribution in [-0.2, 0) is 11.8 Å². The molecule has 9 nitrogen and oxygen atoms in total. The quantitative estimate of drug-likeness (QED) is 0.611. The second-order valence-corrected chi connectivity index (χ2v) is 8.59. The number of rotatable bonds is 5. The van der Waals surface area contributed by atoms with Gasteiger partial charge in [-0.3, -0.25) is 9.48 Å². The van der Waals surface area contributed by atoms with Crippen molar-refractivity contribution in [1.29, 1.82) is 0 Å². The standard InChI is InChI=1S/C21H26N8OS/c1-13-17(14(2)28(4)27-13)7-8-20(30)29-9-5-6-16(11-29)18-10-19(24-15(3)23-18)25-21-26-22-12-31-21/h7-8,10,12,16H,5-6,9,11H2,1-4H3,(H,23,24,25,26)/b8-7+/t16-/m0/s1. The Kier molecular flexibility index (Phi) is 6.08. The van der Waals surface area contributed by atoms with Gasteiger partial charge in [0.2, 0.25) is 11.0 Å². The number of anilines is 2. The van der Waals surface area contributed by atoms with E-state index in [2.05, 4.69) is 30.6 Å². The second-order valence-electron chi connectivity index (χ2n) is 7.76. The van der Waals surface area contributed by atoms with Crippen molar-refractivity contribution >= 4 is 34.3 Å². The van der Waals surface area contributed by atoms with Crippen molar-refractivity contribution in [2.45, 2.75) is 39.5 Å². The Bertz CT molecular complexity index is 1110. The Hall–Kier alpha value is -3.14. The van der Waals surface area contributed by atoms with Crippen molar-refractivity contribution in [2.75, 3.05) is 18.4 Å². The lowest BCUT2D eigenvalue weighted by atomic mass is 9.94. The van der Waals surface area contributed by atoms with Gasteiger partial charge in [0.05, 0.1) is 11.4 Å². The van der Waals surface area contributed by atoms with Gasteiger partial charge in [0.15, 0.2) is 0 Å². The van der Waals surface area contributed by atoms with Gasteiger partial charge < -0.3 is 10.2 Å². The number of carbonyl (C=O) groups is 1. The van der Waals surface area contributed by atoms with Gasteiger partial charge in [0.25, 0.3) is 0 Å². The number of hydrogen-bond acceptors (Lipinski definition) is 8. The van der Waals surface area contributed by atoms with Gasteiger partial charge in [-0.2, -0.15) is 5.10 Å². The van der Waals surface area contributed by atoms with E-state index in [-0.39, 0.29) is 11.8 Å². The third-order valence-corrected chi connectivity index (χ3v) is 6.17. The Labute approximate surface area is 185 Å². The van der Waals surface area contributed by atoms with E-state index in [1.165, 1.54) is 11.3 Å². The number of carbonyl (C=O) groups excluding carboxylic acids is 1. The average molecular weight is 439 g/mol. The number of hydrogen-bond donors (Lipinski definition) is 1. The Morgan fingerprint density at radius 3 is 2.84 bits per heavy atom. The van der Waals surface area contributed by atoms with Crippen LogP contribution in [0.15, 0.2) is 17.7 Å². The molecule has 0 unspecified atom stereocenters. The maximum absolute atomic E-state index is 12.9. The molecule has 0 radical (unpaired) electrons. The Morgan fingerprint density at radius 2 is 2.13 bits per heavy atom. The lowest BCUT2D eigenvalue weighted by molar-refractivity contribution is -0.127. The molecule has 4 heterocycles. The topological polar surface area (TPSA) is 102 Å². The van der Waals surface area contributed by atoms with Crippen LogP contribution >= 0.6 is 11.3 Å². The first-order chi connectivity index (χ1) is 14.9. The highest BCUT2D eigenvalue weighted by Crippen LogP contribution is 2.28. The lowest BCUT2D eigenvalue weighted by Crippen LogP contribution is -2.38. The third-order valence-electron chi connectivity index (χ3n) is 5.56. The molecular weight excluding hydrogens is 412 g/mol. The van der Waals surface area contributed by atoms with Gasteiger partial charge in [-0.25, -0.2) is 9.97 Å². The smallest absolute Gasteiger partial charge is 0.246 e. The summed E-state index contributed by atoms with van der Waals surface area (Å²) in [5.41, 5.74) is 5.59. The van der Waals surface area contributed by atoms with Crippen molar-refractivity contribution in [3.63, 3.8) is 0 Å². The number of amides is 1. The first kappa shape index (κ1) is 21.1. The van der Waals surface area contributed by atoms with Crippen molar-refractivity contribution < 1.29 is 4.79 Å². The first-order valence-corrected chi connectivity index (χ1v) is 11.1. The Balaban J connectivity index is 1.47. The van der Waals surface area contributed by atoms with E-state index in [0.717, 1.165) is 42.0 Å². The number of aryl methyl sites for hydroxylation is 3. The molecule has 31 heavy (non-hydrogen) atoms. The molecule has 1 aliphatic rings. The zero-order valence-corrected chi connectivity index (χ0v) is 19.0. The number of nitrogens with one attached hydrogen (secondary N) is 1. The number of aromatic nitrogens is 6. The zero-order valence-electron chi connectivity index (χ0n) is 18.2. The highest BCUT2D eigenvalue weighted by Gasteiger charge is 2.25. The summed E-state index contributed by atoms with van der Waals surface area (Å²) in [6.07, 6.45) is 5.47. The molecule has 0 aliphatic carbocycles. The summed E-state index contributed by atoms with van der Waals surface area (Å²) in [6, 6.07) is 1.95. The van der Waals surface area contributed by atoms with Crippen LogP contribution in [0.1, 0.15) is 47.2 Å². The molecule has 1 saturated heterocycles. The van der Waals surface area contributed by atoms with Gasteiger partial charge in [-0.1, -0.05) is 11.3 Å². The minimum atomic E-state index is 0.0188. The van der Waals surface area contributed by atoms with E-state index < -0.39 is 0 Å². The molecule has 10 heteroatoms. The second kappa shape index (κ2) is 8.93. The van der Waals surface area contributed by atoms with Crippen LogP contribution < -0.4 is 5.32 Å². The molecule has 1 N–H and O–H groups in total. The third kappa shape index (κ3) is 4.79. The molecule has 0 bridgehead atoms. The summed E-state index contributed by atoms with van der Waals surface area (Å²) in [5.74, 6) is 1.58. The summed E-state index contributed by atoms with van der Waals surface area (Å²) in [5, 5.41) is 16.1. The maximum Gasteiger partial charge on any atom is 0.246 e. The van der Waals surface area contributed by atoms with E-state index in [9.17, 15) is 4.79 Å². The molecule has 1 aliphatic heterocycles. The number of nitrogens with zero attached hydrogens (tertiary/aromatic N) is 7. The molecule has 4 rings (SSSR count). The Morgan fingerprint density at radius 1 is 1.29 bits per heavy atom. The molecule has 1 atom stereocenters. The van der Waals surface area contributed by atoms with Crippen molar-refractivity contribution in [1.82, 2.24) is 34.8 Å². The van der Waals surface area contributed by atoms with Crippen LogP contribution in [0.25, 0.3) is 6.08 Å². The molecular formula is C21H26N8OS. The molecule has 1 fully saturated rings. The maximum atomic E-state index is 12.9. The van der Waals surface area contributed by atoms with Crippen LogP contribution in [0.4, 0.5) is 10.9 Å².